The molecular formula is C17H20N2O2. The van der Waals surface area contributed by atoms with Crippen LogP contribution in [0.15, 0.2) is 60.1 Å². The average molecular weight is 284 g/mol. The highest BCUT2D eigenvalue weighted by Crippen LogP contribution is 1.99. The maximum Gasteiger partial charge on any atom is 0.260 e. The molecule has 0 aliphatic rings. The SMILES string of the molecule is C#CCNC(=O)c1ccc[nH]c1=O.C=C/C=C(\C=C)CC. The van der Waals surface area contributed by atoms with Crippen LogP contribution in [0.2, 0.25) is 0 Å². The van der Waals surface area contributed by atoms with Gasteiger partial charge in [-0.05, 0) is 24.1 Å². The number of hydrogen-bond acceptors (Lipinski definition) is 2. The summed E-state index contributed by atoms with van der Waals surface area (Å²) in [5.74, 6) is 1.79. The Labute approximate surface area is 125 Å². The first-order valence-electron chi connectivity index (χ1n) is 6.44. The molecule has 0 saturated heterocycles. The summed E-state index contributed by atoms with van der Waals surface area (Å²) in [7, 11) is 0. The number of terminal acetylenes is 1. The lowest BCUT2D eigenvalue weighted by molar-refractivity contribution is 0.0957. The van der Waals surface area contributed by atoms with Crippen molar-refractivity contribution in [1.82, 2.24) is 10.3 Å². The van der Waals surface area contributed by atoms with Gasteiger partial charge in [0.05, 0.1) is 6.54 Å². The maximum atomic E-state index is 11.2. The van der Waals surface area contributed by atoms with Crippen LogP contribution in [0.5, 0.6) is 0 Å². The van der Waals surface area contributed by atoms with Crippen molar-refractivity contribution in [2.45, 2.75) is 13.3 Å². The fourth-order valence-electron chi connectivity index (χ4n) is 1.31. The summed E-state index contributed by atoms with van der Waals surface area (Å²) >= 11 is 0. The van der Waals surface area contributed by atoms with Gasteiger partial charge in [-0.25, -0.2) is 0 Å². The molecule has 0 aliphatic heterocycles. The zero-order chi connectivity index (χ0) is 16.1. The van der Waals surface area contributed by atoms with Crippen LogP contribution in [0.1, 0.15) is 23.7 Å². The minimum Gasteiger partial charge on any atom is -0.341 e. The van der Waals surface area contributed by atoms with Gasteiger partial charge >= 0.3 is 0 Å². The number of carbonyl (C=O) groups is 1. The van der Waals surface area contributed by atoms with Crippen molar-refractivity contribution >= 4 is 5.91 Å². The van der Waals surface area contributed by atoms with E-state index in [0.717, 1.165) is 6.42 Å². The first kappa shape index (κ1) is 18.2. The number of H-pyrrole nitrogens is 1. The van der Waals surface area contributed by atoms with E-state index in [2.05, 4.69) is 36.3 Å². The molecule has 0 fully saturated rings. The van der Waals surface area contributed by atoms with Crippen LogP contribution in [-0.2, 0) is 0 Å². The van der Waals surface area contributed by atoms with E-state index in [4.69, 9.17) is 6.42 Å². The van der Waals surface area contributed by atoms with Gasteiger partial charge in [-0.3, -0.25) is 9.59 Å². The van der Waals surface area contributed by atoms with Crippen molar-refractivity contribution in [1.29, 1.82) is 0 Å². The molecule has 0 bridgehead atoms. The molecule has 1 aromatic rings. The minimum absolute atomic E-state index is 0.0674. The molecule has 21 heavy (non-hydrogen) atoms. The largest absolute Gasteiger partial charge is 0.341 e. The highest BCUT2D eigenvalue weighted by atomic mass is 16.2. The molecule has 0 radical (unpaired) electrons. The second kappa shape index (κ2) is 11.1. The second-order valence-electron chi connectivity index (χ2n) is 3.83. The predicted octanol–water partition coefficient (Wildman–Crippen LogP) is 2.43. The van der Waals surface area contributed by atoms with E-state index >= 15 is 0 Å². The summed E-state index contributed by atoms with van der Waals surface area (Å²) in [6.45, 7) is 9.42. The van der Waals surface area contributed by atoms with Crippen molar-refractivity contribution in [2.24, 2.45) is 0 Å². The van der Waals surface area contributed by atoms with Crippen LogP contribution in [0.4, 0.5) is 0 Å². The van der Waals surface area contributed by atoms with Gasteiger partial charge < -0.3 is 10.3 Å². The molecule has 0 aliphatic carbocycles. The van der Waals surface area contributed by atoms with Crippen LogP contribution in [0.25, 0.3) is 0 Å². The number of pyridine rings is 1. The smallest absolute Gasteiger partial charge is 0.260 e. The third-order valence-electron chi connectivity index (χ3n) is 2.42. The molecule has 110 valence electrons. The Morgan fingerprint density at radius 3 is 2.67 bits per heavy atom. The summed E-state index contributed by atoms with van der Waals surface area (Å²) in [6.07, 6.45) is 13.0. The number of aromatic nitrogens is 1. The van der Waals surface area contributed by atoms with Gasteiger partial charge in [0.15, 0.2) is 0 Å². The topological polar surface area (TPSA) is 62.0 Å². The zero-order valence-electron chi connectivity index (χ0n) is 12.2. The van der Waals surface area contributed by atoms with Gasteiger partial charge in [0.2, 0.25) is 0 Å². The number of allylic oxidation sites excluding steroid dienone is 4. The number of aromatic amines is 1. The van der Waals surface area contributed by atoms with E-state index in [1.807, 2.05) is 12.2 Å². The average Bonchev–Trinajstić information content (AvgIpc) is 2.51. The van der Waals surface area contributed by atoms with Crippen LogP contribution in [-0.4, -0.2) is 17.4 Å². The highest BCUT2D eigenvalue weighted by Gasteiger charge is 2.07. The standard InChI is InChI=1S/C9H8N2O2.C8H12/c1-2-5-10-8(12)7-4-3-6-11-9(7)13;1-4-7-8(5-2)6-3/h1,3-4,6H,5H2,(H,10,12)(H,11,13);4-5,7H,1-2,6H2,3H3/b;8-7+. The Kier molecular flexibility index (Phi) is 9.59. The van der Waals surface area contributed by atoms with Crippen LogP contribution in [0.3, 0.4) is 0 Å². The molecule has 0 aromatic carbocycles. The van der Waals surface area contributed by atoms with E-state index < -0.39 is 11.5 Å². The van der Waals surface area contributed by atoms with E-state index in [-0.39, 0.29) is 12.1 Å². The first-order valence-corrected chi connectivity index (χ1v) is 6.44. The van der Waals surface area contributed by atoms with E-state index in [9.17, 15) is 9.59 Å². The Hall–Kier alpha value is -2.80. The Morgan fingerprint density at radius 2 is 2.24 bits per heavy atom. The number of amides is 1. The summed E-state index contributed by atoms with van der Waals surface area (Å²) < 4.78 is 0. The molecule has 0 atom stereocenters. The number of hydrogen-bond donors (Lipinski definition) is 2. The first-order chi connectivity index (χ1) is 10.1. The molecule has 1 rings (SSSR count). The molecular weight excluding hydrogens is 264 g/mol. The summed E-state index contributed by atoms with van der Waals surface area (Å²) in [5.41, 5.74) is 0.884. The van der Waals surface area contributed by atoms with Crippen molar-refractivity contribution in [3.05, 3.63) is 71.2 Å². The summed E-state index contributed by atoms with van der Waals surface area (Å²) in [6, 6.07) is 3.01. The number of nitrogens with one attached hydrogen (secondary N) is 2. The van der Waals surface area contributed by atoms with Crippen LogP contribution in [0, 0.1) is 12.3 Å². The quantitative estimate of drug-likeness (QED) is 0.644. The molecule has 1 heterocycles. The van der Waals surface area contributed by atoms with Crippen molar-refractivity contribution in [2.75, 3.05) is 6.54 Å². The Morgan fingerprint density at radius 1 is 1.52 bits per heavy atom. The van der Waals surface area contributed by atoms with Crippen molar-refractivity contribution in [3.63, 3.8) is 0 Å². The zero-order valence-corrected chi connectivity index (χ0v) is 12.2. The third-order valence-corrected chi connectivity index (χ3v) is 2.42. The minimum atomic E-state index is -0.459. The van der Waals surface area contributed by atoms with E-state index in [1.54, 1.807) is 12.1 Å². The van der Waals surface area contributed by atoms with Gasteiger partial charge in [0.25, 0.3) is 11.5 Å². The lowest BCUT2D eigenvalue weighted by Gasteiger charge is -1.98. The third kappa shape index (κ3) is 7.38. The molecule has 4 heteroatoms. The molecule has 1 amide bonds. The normalized spacial score (nSPS) is 9.62. The van der Waals surface area contributed by atoms with Gasteiger partial charge in [-0.2, -0.15) is 0 Å². The fourth-order valence-corrected chi connectivity index (χ4v) is 1.31. The summed E-state index contributed by atoms with van der Waals surface area (Å²) in [4.78, 5) is 24.6. The molecule has 0 unspecified atom stereocenters. The Balaban J connectivity index is 0.000000433. The molecule has 2 N–H and O–H groups in total. The van der Waals surface area contributed by atoms with Crippen molar-refractivity contribution in [3.8, 4) is 12.3 Å². The highest BCUT2D eigenvalue weighted by molar-refractivity contribution is 5.93. The Bertz CT molecular complexity index is 604. The van der Waals surface area contributed by atoms with E-state index in [0.29, 0.717) is 0 Å². The van der Waals surface area contributed by atoms with Gasteiger partial charge in [0, 0.05) is 6.20 Å². The maximum absolute atomic E-state index is 11.2. The van der Waals surface area contributed by atoms with Crippen LogP contribution >= 0.6 is 0 Å². The van der Waals surface area contributed by atoms with E-state index in [1.165, 1.54) is 17.8 Å². The van der Waals surface area contributed by atoms with Crippen molar-refractivity contribution < 1.29 is 4.79 Å². The molecule has 0 saturated carbocycles. The fraction of sp³-hybridized carbons (Fsp3) is 0.176. The molecule has 0 spiro atoms. The lowest BCUT2D eigenvalue weighted by atomic mass is 10.2. The monoisotopic (exact) mass is 284 g/mol. The second-order valence-corrected chi connectivity index (χ2v) is 3.83. The van der Waals surface area contributed by atoms with Gasteiger partial charge in [-0.1, -0.05) is 44.2 Å². The molecule has 4 nitrogen and oxygen atoms in total. The number of carbonyl (C=O) groups excluding carboxylic acids is 1. The van der Waals surface area contributed by atoms with Gasteiger partial charge in [-0.15, -0.1) is 6.42 Å². The summed E-state index contributed by atoms with van der Waals surface area (Å²) in [5, 5.41) is 2.39. The predicted molar refractivity (Wildman–Crippen MR) is 87.0 cm³/mol. The molecule has 1 aromatic heterocycles. The number of rotatable bonds is 5. The van der Waals surface area contributed by atoms with Gasteiger partial charge in [0.1, 0.15) is 5.56 Å². The lowest BCUT2D eigenvalue weighted by Crippen LogP contribution is -2.29. The van der Waals surface area contributed by atoms with Crippen LogP contribution < -0.4 is 10.9 Å².